The predicted molar refractivity (Wildman–Crippen MR) is 67.3 cm³/mol. The molecule has 1 aromatic rings. The van der Waals surface area contributed by atoms with E-state index >= 15 is 0 Å². The van der Waals surface area contributed by atoms with E-state index in [-0.39, 0.29) is 5.54 Å². The fourth-order valence-electron chi connectivity index (χ4n) is 2.18. The summed E-state index contributed by atoms with van der Waals surface area (Å²) >= 11 is 0. The lowest BCUT2D eigenvalue weighted by Gasteiger charge is -2.25. The minimum absolute atomic E-state index is 0.250. The van der Waals surface area contributed by atoms with Crippen LogP contribution < -0.4 is 15.0 Å². The summed E-state index contributed by atoms with van der Waals surface area (Å²) in [4.78, 5) is 2.41. The minimum atomic E-state index is 0.250. The number of hydrogen-bond acceptors (Lipinski definition) is 3. The van der Waals surface area contributed by atoms with Crippen molar-refractivity contribution in [1.82, 2.24) is 5.32 Å². The number of ether oxygens (including phenoxy) is 1. The van der Waals surface area contributed by atoms with Gasteiger partial charge in [-0.1, -0.05) is 0 Å². The highest BCUT2D eigenvalue weighted by molar-refractivity contribution is 5.50. The van der Waals surface area contributed by atoms with E-state index in [1.165, 1.54) is 12.1 Å². The molecule has 3 heteroatoms. The molecule has 0 amide bonds. The van der Waals surface area contributed by atoms with E-state index in [0.717, 1.165) is 18.8 Å². The number of anilines is 1. The normalized spacial score (nSPS) is 24.8. The average molecular weight is 220 g/mol. The number of nitrogens with zero attached hydrogens (tertiary/aromatic N) is 1. The highest BCUT2D eigenvalue weighted by Gasteiger charge is 2.31. The zero-order chi connectivity index (χ0) is 11.6. The zero-order valence-corrected chi connectivity index (χ0v) is 10.3. The molecule has 1 aliphatic heterocycles. The highest BCUT2D eigenvalue weighted by Crippen LogP contribution is 2.27. The molecule has 1 unspecified atom stereocenters. The van der Waals surface area contributed by atoms with Gasteiger partial charge in [-0.3, -0.25) is 0 Å². The van der Waals surface area contributed by atoms with Crippen molar-refractivity contribution < 1.29 is 4.74 Å². The molecule has 1 atom stereocenters. The van der Waals surface area contributed by atoms with Crippen molar-refractivity contribution in [2.45, 2.75) is 18.9 Å². The van der Waals surface area contributed by atoms with Gasteiger partial charge in [0.2, 0.25) is 0 Å². The molecule has 0 bridgehead atoms. The maximum absolute atomic E-state index is 5.16. The van der Waals surface area contributed by atoms with E-state index in [0.29, 0.717) is 0 Å². The third-order valence-electron chi connectivity index (χ3n) is 3.51. The zero-order valence-electron chi connectivity index (χ0n) is 10.3. The molecule has 1 N–H and O–H groups in total. The first kappa shape index (κ1) is 11.3. The fraction of sp³-hybridized carbons (Fsp3) is 0.538. The smallest absolute Gasteiger partial charge is 0.119 e. The molecule has 1 heterocycles. The Kier molecular flexibility index (Phi) is 3.06. The second kappa shape index (κ2) is 4.34. The molecule has 0 aliphatic carbocycles. The van der Waals surface area contributed by atoms with Gasteiger partial charge in [0.1, 0.15) is 5.75 Å². The number of benzene rings is 1. The van der Waals surface area contributed by atoms with Crippen LogP contribution in [0.4, 0.5) is 5.69 Å². The van der Waals surface area contributed by atoms with Gasteiger partial charge in [-0.05, 0) is 44.7 Å². The van der Waals surface area contributed by atoms with E-state index in [1.807, 2.05) is 19.2 Å². The van der Waals surface area contributed by atoms with Crippen LogP contribution in [0.2, 0.25) is 0 Å². The molecule has 3 nitrogen and oxygen atoms in total. The Labute approximate surface area is 97.4 Å². The van der Waals surface area contributed by atoms with Crippen LogP contribution in [0.15, 0.2) is 24.3 Å². The van der Waals surface area contributed by atoms with Crippen LogP contribution >= 0.6 is 0 Å². The first-order valence-electron chi connectivity index (χ1n) is 5.75. The SMILES string of the molecule is CNC1(C)CCN(c2ccc(OC)cc2)C1. The topological polar surface area (TPSA) is 24.5 Å². The molecular weight excluding hydrogens is 200 g/mol. The van der Waals surface area contributed by atoms with Gasteiger partial charge in [-0.2, -0.15) is 0 Å². The molecule has 0 aromatic heterocycles. The van der Waals surface area contributed by atoms with Crippen molar-refractivity contribution in [2.24, 2.45) is 0 Å². The molecule has 0 radical (unpaired) electrons. The van der Waals surface area contributed by atoms with Crippen molar-refractivity contribution in [3.63, 3.8) is 0 Å². The van der Waals surface area contributed by atoms with E-state index < -0.39 is 0 Å². The van der Waals surface area contributed by atoms with E-state index in [4.69, 9.17) is 4.74 Å². The molecule has 16 heavy (non-hydrogen) atoms. The molecule has 2 rings (SSSR count). The van der Waals surface area contributed by atoms with Gasteiger partial charge >= 0.3 is 0 Å². The quantitative estimate of drug-likeness (QED) is 0.842. The van der Waals surface area contributed by atoms with E-state index in [9.17, 15) is 0 Å². The predicted octanol–water partition coefficient (Wildman–Crippen LogP) is 1.88. The van der Waals surface area contributed by atoms with E-state index in [2.05, 4.69) is 29.3 Å². The number of likely N-dealkylation sites (N-methyl/N-ethyl adjacent to an activating group) is 1. The Bertz CT molecular complexity index is 349. The number of nitrogens with one attached hydrogen (secondary N) is 1. The maximum atomic E-state index is 5.16. The monoisotopic (exact) mass is 220 g/mol. The molecule has 0 spiro atoms. The van der Waals surface area contributed by atoms with Crippen molar-refractivity contribution >= 4 is 5.69 Å². The Hall–Kier alpha value is -1.22. The summed E-state index contributed by atoms with van der Waals surface area (Å²) in [6.07, 6.45) is 1.19. The Morgan fingerprint density at radius 1 is 1.31 bits per heavy atom. The summed E-state index contributed by atoms with van der Waals surface area (Å²) in [5.74, 6) is 0.916. The van der Waals surface area contributed by atoms with Crippen LogP contribution in [0.3, 0.4) is 0 Å². The fourth-order valence-corrected chi connectivity index (χ4v) is 2.18. The number of methoxy groups -OCH3 is 1. The van der Waals surface area contributed by atoms with Crippen molar-refractivity contribution in [2.75, 3.05) is 32.1 Å². The van der Waals surface area contributed by atoms with Gasteiger partial charge in [0.15, 0.2) is 0 Å². The lowest BCUT2D eigenvalue weighted by Crippen LogP contribution is -2.42. The second-order valence-electron chi connectivity index (χ2n) is 4.68. The molecule has 1 saturated heterocycles. The molecule has 1 aliphatic rings. The van der Waals surface area contributed by atoms with Gasteiger partial charge < -0.3 is 15.0 Å². The Morgan fingerprint density at radius 3 is 2.50 bits per heavy atom. The standard InChI is InChI=1S/C13H20N2O/c1-13(14-2)8-9-15(10-13)11-4-6-12(16-3)7-5-11/h4-7,14H,8-10H2,1-3H3. The minimum Gasteiger partial charge on any atom is -0.497 e. The number of hydrogen-bond donors (Lipinski definition) is 1. The van der Waals surface area contributed by atoms with Crippen LogP contribution in [0.1, 0.15) is 13.3 Å². The third-order valence-corrected chi connectivity index (χ3v) is 3.51. The third kappa shape index (κ3) is 2.14. The molecular formula is C13H20N2O. The van der Waals surface area contributed by atoms with Crippen molar-refractivity contribution in [3.8, 4) is 5.75 Å². The van der Waals surface area contributed by atoms with Gasteiger partial charge in [0.25, 0.3) is 0 Å². The van der Waals surface area contributed by atoms with Gasteiger partial charge in [-0.25, -0.2) is 0 Å². The lowest BCUT2D eigenvalue weighted by molar-refractivity contribution is 0.414. The van der Waals surface area contributed by atoms with E-state index in [1.54, 1.807) is 7.11 Å². The van der Waals surface area contributed by atoms with Crippen LogP contribution in [-0.2, 0) is 0 Å². The maximum Gasteiger partial charge on any atom is 0.119 e. The van der Waals surface area contributed by atoms with Crippen LogP contribution in [-0.4, -0.2) is 32.8 Å². The average Bonchev–Trinajstić information content (AvgIpc) is 2.73. The summed E-state index contributed by atoms with van der Waals surface area (Å²) in [5.41, 5.74) is 1.53. The molecule has 88 valence electrons. The van der Waals surface area contributed by atoms with Gasteiger partial charge in [-0.15, -0.1) is 0 Å². The molecule has 0 saturated carbocycles. The summed E-state index contributed by atoms with van der Waals surface area (Å²) in [6.45, 7) is 4.45. The van der Waals surface area contributed by atoms with Gasteiger partial charge in [0, 0.05) is 24.3 Å². The molecule has 1 aromatic carbocycles. The van der Waals surface area contributed by atoms with Gasteiger partial charge in [0.05, 0.1) is 7.11 Å². The Balaban J connectivity index is 2.08. The van der Waals surface area contributed by atoms with Crippen LogP contribution in [0.25, 0.3) is 0 Å². The largest absolute Gasteiger partial charge is 0.497 e. The summed E-state index contributed by atoms with van der Waals surface area (Å²) in [5, 5.41) is 3.40. The first-order chi connectivity index (χ1) is 7.67. The van der Waals surface area contributed by atoms with Crippen molar-refractivity contribution in [1.29, 1.82) is 0 Å². The summed E-state index contributed by atoms with van der Waals surface area (Å²) < 4.78 is 5.16. The van der Waals surface area contributed by atoms with Crippen LogP contribution in [0.5, 0.6) is 5.75 Å². The summed E-state index contributed by atoms with van der Waals surface area (Å²) in [6, 6.07) is 8.29. The second-order valence-corrected chi connectivity index (χ2v) is 4.68. The molecule has 1 fully saturated rings. The lowest BCUT2D eigenvalue weighted by atomic mass is 10.0. The first-order valence-corrected chi connectivity index (χ1v) is 5.75. The number of rotatable bonds is 3. The Morgan fingerprint density at radius 2 is 2.00 bits per heavy atom. The highest BCUT2D eigenvalue weighted by atomic mass is 16.5. The van der Waals surface area contributed by atoms with Crippen molar-refractivity contribution in [3.05, 3.63) is 24.3 Å². The summed E-state index contributed by atoms with van der Waals surface area (Å²) in [7, 11) is 3.74. The van der Waals surface area contributed by atoms with Crippen LogP contribution in [0, 0.1) is 0 Å².